The Balaban J connectivity index is 2.22. The molecule has 1 amide bonds. The summed E-state index contributed by atoms with van der Waals surface area (Å²) >= 11 is 0. The standard InChI is InChI=1S/C13H18N2O/c1-10-5-2-3-7-12(10)13(16)15-8-4-6-11(15)9-14/h2-3,5,7,11H,4,6,8-9,14H2,1H3/t11-/m0/s1. The number of carbonyl (C=O) groups is 1. The normalized spacial score (nSPS) is 20.1. The van der Waals surface area contributed by atoms with E-state index in [0.717, 1.165) is 30.5 Å². The van der Waals surface area contributed by atoms with Crippen molar-refractivity contribution in [3.8, 4) is 0 Å². The number of rotatable bonds is 2. The van der Waals surface area contributed by atoms with E-state index in [4.69, 9.17) is 5.73 Å². The number of hydrogen-bond donors (Lipinski definition) is 1. The molecule has 0 unspecified atom stereocenters. The van der Waals surface area contributed by atoms with Crippen molar-refractivity contribution in [1.29, 1.82) is 0 Å². The van der Waals surface area contributed by atoms with Crippen molar-refractivity contribution in [2.45, 2.75) is 25.8 Å². The molecule has 2 rings (SSSR count). The average molecular weight is 218 g/mol. The summed E-state index contributed by atoms with van der Waals surface area (Å²) < 4.78 is 0. The predicted octanol–water partition coefficient (Wildman–Crippen LogP) is 1.56. The van der Waals surface area contributed by atoms with Crippen LogP contribution in [0.1, 0.15) is 28.8 Å². The van der Waals surface area contributed by atoms with E-state index in [2.05, 4.69) is 0 Å². The summed E-state index contributed by atoms with van der Waals surface area (Å²) in [5.41, 5.74) is 7.53. The maximum Gasteiger partial charge on any atom is 0.254 e. The molecule has 1 saturated heterocycles. The summed E-state index contributed by atoms with van der Waals surface area (Å²) in [6, 6.07) is 7.96. The lowest BCUT2D eigenvalue weighted by molar-refractivity contribution is 0.0740. The molecule has 0 radical (unpaired) electrons. The van der Waals surface area contributed by atoms with Gasteiger partial charge in [-0.25, -0.2) is 0 Å². The zero-order valence-electron chi connectivity index (χ0n) is 9.65. The maximum absolute atomic E-state index is 12.3. The van der Waals surface area contributed by atoms with Crippen LogP contribution in [0.25, 0.3) is 0 Å². The number of likely N-dealkylation sites (tertiary alicyclic amines) is 1. The summed E-state index contributed by atoms with van der Waals surface area (Å²) in [6.45, 7) is 3.38. The van der Waals surface area contributed by atoms with Gasteiger partial charge < -0.3 is 10.6 Å². The van der Waals surface area contributed by atoms with Crippen LogP contribution in [0.2, 0.25) is 0 Å². The molecule has 16 heavy (non-hydrogen) atoms. The van der Waals surface area contributed by atoms with Crippen LogP contribution in [0.15, 0.2) is 24.3 Å². The summed E-state index contributed by atoms with van der Waals surface area (Å²) in [5.74, 6) is 0.131. The SMILES string of the molecule is Cc1ccccc1C(=O)N1CCC[C@H]1CN. The summed E-state index contributed by atoms with van der Waals surface area (Å²) in [7, 11) is 0. The number of nitrogens with two attached hydrogens (primary N) is 1. The Morgan fingerprint density at radius 1 is 1.50 bits per heavy atom. The highest BCUT2D eigenvalue weighted by atomic mass is 16.2. The number of benzene rings is 1. The van der Waals surface area contributed by atoms with E-state index < -0.39 is 0 Å². The monoisotopic (exact) mass is 218 g/mol. The smallest absolute Gasteiger partial charge is 0.254 e. The van der Waals surface area contributed by atoms with Gasteiger partial charge in [0.25, 0.3) is 5.91 Å². The van der Waals surface area contributed by atoms with Crippen LogP contribution in [0, 0.1) is 6.92 Å². The highest BCUT2D eigenvalue weighted by Crippen LogP contribution is 2.20. The average Bonchev–Trinajstić information content (AvgIpc) is 2.77. The van der Waals surface area contributed by atoms with E-state index in [-0.39, 0.29) is 11.9 Å². The lowest BCUT2D eigenvalue weighted by atomic mass is 10.1. The second kappa shape index (κ2) is 4.66. The van der Waals surface area contributed by atoms with Crippen LogP contribution in [0.5, 0.6) is 0 Å². The van der Waals surface area contributed by atoms with E-state index in [1.165, 1.54) is 0 Å². The summed E-state index contributed by atoms with van der Waals surface area (Å²) in [5, 5.41) is 0. The number of carbonyl (C=O) groups excluding carboxylic acids is 1. The first-order valence-electron chi connectivity index (χ1n) is 5.80. The van der Waals surface area contributed by atoms with E-state index in [1.54, 1.807) is 0 Å². The Labute approximate surface area is 96.2 Å². The molecule has 1 fully saturated rings. The molecule has 0 spiro atoms. The maximum atomic E-state index is 12.3. The van der Waals surface area contributed by atoms with Crippen LogP contribution in [-0.2, 0) is 0 Å². The molecule has 1 atom stereocenters. The molecule has 86 valence electrons. The lowest BCUT2D eigenvalue weighted by Crippen LogP contribution is -2.40. The van der Waals surface area contributed by atoms with Crippen LogP contribution < -0.4 is 5.73 Å². The second-order valence-corrected chi connectivity index (χ2v) is 4.35. The third kappa shape index (κ3) is 1.95. The Morgan fingerprint density at radius 3 is 2.94 bits per heavy atom. The fourth-order valence-electron chi connectivity index (χ4n) is 2.32. The van der Waals surface area contributed by atoms with Crippen molar-refractivity contribution in [1.82, 2.24) is 4.90 Å². The third-order valence-corrected chi connectivity index (χ3v) is 3.29. The van der Waals surface area contributed by atoms with Crippen molar-refractivity contribution < 1.29 is 4.79 Å². The van der Waals surface area contributed by atoms with Gasteiger partial charge in [-0.3, -0.25) is 4.79 Å². The number of amides is 1. The first-order valence-corrected chi connectivity index (χ1v) is 5.80. The molecular weight excluding hydrogens is 200 g/mol. The molecule has 2 N–H and O–H groups in total. The quantitative estimate of drug-likeness (QED) is 0.818. The number of nitrogens with zero attached hydrogens (tertiary/aromatic N) is 1. The molecule has 3 nitrogen and oxygen atoms in total. The van der Waals surface area contributed by atoms with Gasteiger partial charge in [-0.2, -0.15) is 0 Å². The molecule has 1 aliphatic heterocycles. The number of aryl methyl sites for hydroxylation is 1. The van der Waals surface area contributed by atoms with Crippen molar-refractivity contribution in [2.75, 3.05) is 13.1 Å². The van der Waals surface area contributed by atoms with Gasteiger partial charge in [0.15, 0.2) is 0 Å². The molecule has 0 saturated carbocycles. The van der Waals surface area contributed by atoms with E-state index in [1.807, 2.05) is 36.1 Å². The first-order chi connectivity index (χ1) is 7.74. The summed E-state index contributed by atoms with van der Waals surface area (Å²) in [4.78, 5) is 14.2. The molecule has 0 aliphatic carbocycles. The minimum Gasteiger partial charge on any atom is -0.334 e. The molecule has 1 heterocycles. The first kappa shape index (κ1) is 11.1. The van der Waals surface area contributed by atoms with Crippen LogP contribution in [0.3, 0.4) is 0 Å². The van der Waals surface area contributed by atoms with Gasteiger partial charge in [0, 0.05) is 24.7 Å². The molecule has 0 aromatic heterocycles. The molecule has 1 aliphatic rings. The van der Waals surface area contributed by atoms with Crippen LogP contribution >= 0.6 is 0 Å². The largest absolute Gasteiger partial charge is 0.334 e. The zero-order chi connectivity index (χ0) is 11.5. The predicted molar refractivity (Wildman–Crippen MR) is 64.3 cm³/mol. The van der Waals surface area contributed by atoms with E-state index in [0.29, 0.717) is 6.54 Å². The Morgan fingerprint density at radius 2 is 2.25 bits per heavy atom. The Hall–Kier alpha value is -1.35. The van der Waals surface area contributed by atoms with E-state index >= 15 is 0 Å². The van der Waals surface area contributed by atoms with Gasteiger partial charge in [0.1, 0.15) is 0 Å². The minimum atomic E-state index is 0.131. The molecule has 3 heteroatoms. The van der Waals surface area contributed by atoms with Gasteiger partial charge in [-0.15, -0.1) is 0 Å². The Kier molecular flexibility index (Phi) is 3.25. The van der Waals surface area contributed by atoms with Gasteiger partial charge in [0.2, 0.25) is 0 Å². The van der Waals surface area contributed by atoms with Gasteiger partial charge in [-0.1, -0.05) is 18.2 Å². The molecule has 0 bridgehead atoms. The molecular formula is C13H18N2O. The zero-order valence-corrected chi connectivity index (χ0v) is 9.65. The number of hydrogen-bond acceptors (Lipinski definition) is 2. The summed E-state index contributed by atoms with van der Waals surface area (Å²) in [6.07, 6.45) is 2.10. The topological polar surface area (TPSA) is 46.3 Å². The highest BCUT2D eigenvalue weighted by Gasteiger charge is 2.28. The third-order valence-electron chi connectivity index (χ3n) is 3.29. The fourth-order valence-corrected chi connectivity index (χ4v) is 2.32. The van der Waals surface area contributed by atoms with Crippen molar-refractivity contribution >= 4 is 5.91 Å². The van der Waals surface area contributed by atoms with Crippen molar-refractivity contribution in [3.05, 3.63) is 35.4 Å². The van der Waals surface area contributed by atoms with E-state index in [9.17, 15) is 4.79 Å². The lowest BCUT2D eigenvalue weighted by Gasteiger charge is -2.24. The second-order valence-electron chi connectivity index (χ2n) is 4.35. The fraction of sp³-hybridized carbons (Fsp3) is 0.462. The van der Waals surface area contributed by atoms with Crippen LogP contribution in [-0.4, -0.2) is 29.9 Å². The van der Waals surface area contributed by atoms with Gasteiger partial charge >= 0.3 is 0 Å². The van der Waals surface area contributed by atoms with Crippen molar-refractivity contribution in [2.24, 2.45) is 5.73 Å². The molecule has 1 aromatic rings. The minimum absolute atomic E-state index is 0.131. The molecule has 1 aromatic carbocycles. The van der Waals surface area contributed by atoms with Gasteiger partial charge in [0.05, 0.1) is 0 Å². The Bertz CT molecular complexity index is 389. The van der Waals surface area contributed by atoms with Crippen LogP contribution in [0.4, 0.5) is 0 Å². The van der Waals surface area contributed by atoms with Gasteiger partial charge in [-0.05, 0) is 31.4 Å². The van der Waals surface area contributed by atoms with Crippen molar-refractivity contribution in [3.63, 3.8) is 0 Å². The highest BCUT2D eigenvalue weighted by molar-refractivity contribution is 5.96.